The maximum absolute atomic E-state index is 10.8. The van der Waals surface area contributed by atoms with E-state index in [4.69, 9.17) is 5.11 Å². The standard InChI is InChI=1S/C9H12O6.Mg.2H/c1-6(2)9(13)15-4-3-14-8(12)5-7(10)11;;;/h1,3-5H2,2H3,(H,10,11);;;/q;+2;2*-1. The molecule has 0 aromatic carbocycles. The molecule has 16 heavy (non-hydrogen) atoms. The molecule has 0 atom stereocenters. The Hall–Kier alpha value is -1.08. The Morgan fingerprint density at radius 1 is 1.25 bits per heavy atom. The molecule has 0 aliphatic rings. The van der Waals surface area contributed by atoms with Crippen molar-refractivity contribution in [3.05, 3.63) is 12.2 Å². The minimum atomic E-state index is -1.26. The molecule has 0 spiro atoms. The molecule has 88 valence electrons. The normalized spacial score (nSPS) is 8.56. The molecular weight excluding hydrogens is 228 g/mol. The monoisotopic (exact) mass is 242 g/mol. The van der Waals surface area contributed by atoms with Gasteiger partial charge in [0.25, 0.3) is 0 Å². The fraction of sp³-hybridized carbons (Fsp3) is 0.444. The van der Waals surface area contributed by atoms with Gasteiger partial charge in [0, 0.05) is 5.57 Å². The van der Waals surface area contributed by atoms with E-state index in [2.05, 4.69) is 16.1 Å². The number of ether oxygens (including phenoxy) is 2. The summed E-state index contributed by atoms with van der Waals surface area (Å²) in [7, 11) is 0. The van der Waals surface area contributed by atoms with Crippen molar-refractivity contribution >= 4 is 41.0 Å². The van der Waals surface area contributed by atoms with Crippen molar-refractivity contribution < 1.29 is 31.8 Å². The van der Waals surface area contributed by atoms with E-state index in [0.29, 0.717) is 0 Å². The third kappa shape index (κ3) is 9.47. The molecule has 0 unspecified atom stereocenters. The molecule has 0 fully saturated rings. The van der Waals surface area contributed by atoms with Gasteiger partial charge in [-0.1, -0.05) is 6.58 Å². The second-order valence-electron chi connectivity index (χ2n) is 2.71. The molecule has 0 aliphatic heterocycles. The Morgan fingerprint density at radius 3 is 2.19 bits per heavy atom. The molecule has 0 saturated heterocycles. The molecule has 0 aromatic rings. The van der Waals surface area contributed by atoms with Gasteiger partial charge in [0.2, 0.25) is 0 Å². The van der Waals surface area contributed by atoms with Crippen LogP contribution in [0.25, 0.3) is 0 Å². The molecule has 0 aliphatic carbocycles. The van der Waals surface area contributed by atoms with Crippen molar-refractivity contribution in [2.45, 2.75) is 13.3 Å². The molecule has 0 aromatic heterocycles. The Bertz CT molecular complexity index is 295. The van der Waals surface area contributed by atoms with Gasteiger partial charge in [0.15, 0.2) is 0 Å². The first kappa shape index (κ1) is 17.3. The van der Waals surface area contributed by atoms with Crippen LogP contribution in [-0.4, -0.2) is 59.3 Å². The first-order valence-electron chi connectivity index (χ1n) is 4.13. The fourth-order valence-corrected chi connectivity index (χ4v) is 0.588. The van der Waals surface area contributed by atoms with Crippen LogP contribution in [0.3, 0.4) is 0 Å². The van der Waals surface area contributed by atoms with E-state index in [1.54, 1.807) is 0 Å². The molecule has 0 rings (SSSR count). The van der Waals surface area contributed by atoms with Crippen LogP contribution in [0, 0.1) is 0 Å². The Kier molecular flexibility index (Phi) is 9.92. The number of rotatable bonds is 6. The van der Waals surface area contributed by atoms with Crippen LogP contribution in [-0.2, 0) is 23.9 Å². The van der Waals surface area contributed by atoms with E-state index in [0.717, 1.165) is 0 Å². The number of aliphatic carboxylic acids is 1. The first-order chi connectivity index (χ1) is 6.93. The predicted octanol–water partition coefficient (Wildman–Crippen LogP) is -0.0322. The summed E-state index contributed by atoms with van der Waals surface area (Å²) in [4.78, 5) is 31.5. The van der Waals surface area contributed by atoms with Crippen LogP contribution in [0.5, 0.6) is 0 Å². The predicted molar refractivity (Wildman–Crippen MR) is 57.0 cm³/mol. The molecule has 0 saturated carbocycles. The fourth-order valence-electron chi connectivity index (χ4n) is 0.588. The number of carboxylic acids is 1. The van der Waals surface area contributed by atoms with Crippen LogP contribution in [0.1, 0.15) is 16.2 Å². The van der Waals surface area contributed by atoms with E-state index in [1.807, 2.05) is 0 Å². The van der Waals surface area contributed by atoms with Crippen molar-refractivity contribution in [1.29, 1.82) is 0 Å². The Morgan fingerprint density at radius 2 is 1.75 bits per heavy atom. The second kappa shape index (κ2) is 9.16. The van der Waals surface area contributed by atoms with Gasteiger partial charge >= 0.3 is 41.0 Å². The summed E-state index contributed by atoms with van der Waals surface area (Å²) in [5.74, 6) is -2.71. The smallest absolute Gasteiger partial charge is 1.00 e. The summed E-state index contributed by atoms with van der Waals surface area (Å²) in [5, 5.41) is 8.20. The van der Waals surface area contributed by atoms with Gasteiger partial charge in [-0.3, -0.25) is 9.59 Å². The molecule has 6 nitrogen and oxygen atoms in total. The van der Waals surface area contributed by atoms with Crippen molar-refractivity contribution in [2.75, 3.05) is 13.2 Å². The van der Waals surface area contributed by atoms with Gasteiger partial charge in [-0.2, -0.15) is 0 Å². The van der Waals surface area contributed by atoms with Gasteiger partial charge in [-0.15, -0.1) is 0 Å². The topological polar surface area (TPSA) is 89.9 Å². The van der Waals surface area contributed by atoms with E-state index in [9.17, 15) is 14.4 Å². The minimum Gasteiger partial charge on any atom is -1.00 e. The van der Waals surface area contributed by atoms with E-state index in [-0.39, 0.29) is 44.7 Å². The number of carbonyl (C=O) groups is 3. The number of carboxylic acid groups (broad SMARTS) is 1. The van der Waals surface area contributed by atoms with Crippen molar-refractivity contribution in [2.24, 2.45) is 0 Å². The zero-order valence-corrected chi connectivity index (χ0v) is 10.4. The average Bonchev–Trinajstić information content (AvgIpc) is 2.10. The number of carbonyl (C=O) groups excluding carboxylic acids is 2. The number of hydrogen-bond donors (Lipinski definition) is 1. The van der Waals surface area contributed by atoms with Crippen LogP contribution in [0.15, 0.2) is 12.2 Å². The summed E-state index contributed by atoms with van der Waals surface area (Å²) in [6, 6.07) is 0. The van der Waals surface area contributed by atoms with Gasteiger partial charge in [-0.05, 0) is 6.92 Å². The van der Waals surface area contributed by atoms with Crippen LogP contribution >= 0.6 is 0 Å². The summed E-state index contributed by atoms with van der Waals surface area (Å²) in [6.07, 6.45) is -0.700. The molecule has 7 heteroatoms. The van der Waals surface area contributed by atoms with Crippen molar-refractivity contribution in [3.63, 3.8) is 0 Å². The zero-order valence-electron chi connectivity index (χ0n) is 11.0. The van der Waals surface area contributed by atoms with Crippen LogP contribution < -0.4 is 0 Å². The third-order valence-electron chi connectivity index (χ3n) is 1.22. The van der Waals surface area contributed by atoms with Crippen molar-refractivity contribution in [3.8, 4) is 0 Å². The molecule has 0 radical (unpaired) electrons. The molecule has 0 bridgehead atoms. The summed E-state index contributed by atoms with van der Waals surface area (Å²) >= 11 is 0. The molecule has 0 heterocycles. The summed E-state index contributed by atoms with van der Waals surface area (Å²) in [6.45, 7) is 4.56. The zero-order chi connectivity index (χ0) is 11.8. The van der Waals surface area contributed by atoms with Gasteiger partial charge in [0.1, 0.15) is 19.6 Å². The van der Waals surface area contributed by atoms with E-state index < -0.39 is 24.3 Å². The number of esters is 2. The van der Waals surface area contributed by atoms with Crippen molar-refractivity contribution in [1.82, 2.24) is 0 Å². The first-order valence-corrected chi connectivity index (χ1v) is 4.13. The quantitative estimate of drug-likeness (QED) is 0.231. The summed E-state index contributed by atoms with van der Waals surface area (Å²) < 4.78 is 9.05. The van der Waals surface area contributed by atoms with Gasteiger partial charge in [0.05, 0.1) is 0 Å². The maximum Gasteiger partial charge on any atom is 2.00 e. The van der Waals surface area contributed by atoms with Crippen LogP contribution in [0.2, 0.25) is 0 Å². The second-order valence-corrected chi connectivity index (χ2v) is 2.71. The maximum atomic E-state index is 10.8. The van der Waals surface area contributed by atoms with E-state index in [1.165, 1.54) is 6.92 Å². The minimum absolute atomic E-state index is 0. The molecule has 0 amide bonds. The Balaban J connectivity index is -0.000000327. The summed E-state index contributed by atoms with van der Waals surface area (Å²) in [5.41, 5.74) is 0.242. The Labute approximate surface area is 112 Å². The average molecular weight is 243 g/mol. The van der Waals surface area contributed by atoms with Crippen LogP contribution in [0.4, 0.5) is 0 Å². The third-order valence-corrected chi connectivity index (χ3v) is 1.22. The molecular formula is C9H14MgO6. The van der Waals surface area contributed by atoms with Gasteiger partial charge in [-0.25, -0.2) is 4.79 Å². The van der Waals surface area contributed by atoms with E-state index >= 15 is 0 Å². The molecule has 1 N–H and O–H groups in total. The SMILES string of the molecule is C=C(C)C(=O)OCCOC(=O)CC(=O)O.[H-].[H-].[Mg+2]. The largest absolute Gasteiger partial charge is 2.00 e. The van der Waals surface area contributed by atoms with Gasteiger partial charge < -0.3 is 17.4 Å². The number of hydrogen-bond acceptors (Lipinski definition) is 5.